The van der Waals surface area contributed by atoms with Crippen LogP contribution in [0, 0.1) is 0 Å². The van der Waals surface area contributed by atoms with Gasteiger partial charge in [-0.15, -0.1) is 0 Å². The molecule has 0 aromatic heterocycles. The summed E-state index contributed by atoms with van der Waals surface area (Å²) in [5.74, 6) is 1.54. The van der Waals surface area contributed by atoms with Gasteiger partial charge in [-0.1, -0.05) is 26.2 Å². The third kappa shape index (κ3) is 7.93. The average molecular weight is 295 g/mol. The molecule has 0 radical (unpaired) electrons. The molecule has 0 bridgehead atoms. The summed E-state index contributed by atoms with van der Waals surface area (Å²) in [5, 5.41) is 13.3. The molecule has 1 rings (SSSR count). The molecule has 0 aliphatic carbocycles. The summed E-state index contributed by atoms with van der Waals surface area (Å²) in [5.41, 5.74) is 0. The molecule has 21 heavy (non-hydrogen) atoms. The number of nitrogens with one attached hydrogen (secondary N) is 1. The predicted molar refractivity (Wildman–Crippen MR) is 86.1 cm³/mol. The van der Waals surface area contributed by atoms with Gasteiger partial charge in [0.1, 0.15) is 24.2 Å². The number of aliphatic hydroxyl groups is 1. The Morgan fingerprint density at radius 1 is 1.14 bits per heavy atom. The molecular formula is C17H29NO3. The molecule has 0 aliphatic rings. The first kappa shape index (κ1) is 17.8. The summed E-state index contributed by atoms with van der Waals surface area (Å²) in [7, 11) is 1.63. The number of benzene rings is 1. The van der Waals surface area contributed by atoms with Crippen molar-refractivity contribution in [3.8, 4) is 11.5 Å². The lowest BCUT2D eigenvalue weighted by atomic mass is 10.1. The van der Waals surface area contributed by atoms with E-state index in [4.69, 9.17) is 9.47 Å². The van der Waals surface area contributed by atoms with Crippen molar-refractivity contribution in [2.24, 2.45) is 0 Å². The van der Waals surface area contributed by atoms with Crippen LogP contribution >= 0.6 is 0 Å². The summed E-state index contributed by atoms with van der Waals surface area (Å²) in [4.78, 5) is 0. The van der Waals surface area contributed by atoms with Crippen molar-refractivity contribution in [3.05, 3.63) is 24.3 Å². The second kappa shape index (κ2) is 10.5. The maximum absolute atomic E-state index is 9.92. The lowest BCUT2D eigenvalue weighted by Crippen LogP contribution is -2.36. The van der Waals surface area contributed by atoms with E-state index < -0.39 is 6.10 Å². The highest BCUT2D eigenvalue weighted by Crippen LogP contribution is 2.17. The van der Waals surface area contributed by atoms with Gasteiger partial charge in [-0.05, 0) is 37.6 Å². The molecule has 0 spiro atoms. The van der Waals surface area contributed by atoms with Crippen LogP contribution in [0.2, 0.25) is 0 Å². The van der Waals surface area contributed by atoms with Crippen LogP contribution in [0.5, 0.6) is 11.5 Å². The van der Waals surface area contributed by atoms with Crippen LogP contribution in [0.15, 0.2) is 24.3 Å². The highest BCUT2D eigenvalue weighted by molar-refractivity contribution is 5.31. The highest BCUT2D eigenvalue weighted by Gasteiger charge is 2.08. The molecule has 0 saturated carbocycles. The van der Waals surface area contributed by atoms with Crippen LogP contribution in [-0.4, -0.2) is 37.5 Å². The molecule has 4 heteroatoms. The molecule has 0 fully saturated rings. The van der Waals surface area contributed by atoms with Gasteiger partial charge >= 0.3 is 0 Å². The van der Waals surface area contributed by atoms with Gasteiger partial charge in [-0.25, -0.2) is 0 Å². The van der Waals surface area contributed by atoms with E-state index in [9.17, 15) is 5.11 Å². The standard InChI is InChI=1S/C17H29NO3/c1-4-5-6-7-14(2)18-12-15(19)13-21-17-10-8-16(20-3)9-11-17/h8-11,14-15,18-19H,4-7,12-13H2,1-3H3. The molecule has 4 nitrogen and oxygen atoms in total. The number of ether oxygens (including phenoxy) is 2. The lowest BCUT2D eigenvalue weighted by molar-refractivity contribution is 0.104. The van der Waals surface area contributed by atoms with Gasteiger partial charge in [-0.2, -0.15) is 0 Å². The fourth-order valence-electron chi connectivity index (χ4n) is 2.06. The third-order valence-corrected chi connectivity index (χ3v) is 3.44. The smallest absolute Gasteiger partial charge is 0.119 e. The van der Waals surface area contributed by atoms with Crippen molar-refractivity contribution in [1.82, 2.24) is 5.32 Å². The first-order valence-electron chi connectivity index (χ1n) is 7.84. The number of hydrogen-bond donors (Lipinski definition) is 2. The maximum atomic E-state index is 9.92. The molecule has 2 unspecified atom stereocenters. The Bertz CT molecular complexity index is 367. The van der Waals surface area contributed by atoms with Crippen molar-refractivity contribution in [2.45, 2.75) is 51.7 Å². The van der Waals surface area contributed by atoms with Crippen molar-refractivity contribution in [2.75, 3.05) is 20.3 Å². The van der Waals surface area contributed by atoms with Gasteiger partial charge in [0.2, 0.25) is 0 Å². The molecule has 0 aliphatic heterocycles. The van der Waals surface area contributed by atoms with Gasteiger partial charge in [0, 0.05) is 12.6 Å². The second-order valence-corrected chi connectivity index (χ2v) is 5.45. The number of unbranched alkanes of at least 4 members (excludes halogenated alkanes) is 2. The Balaban J connectivity index is 2.16. The van der Waals surface area contributed by atoms with Gasteiger partial charge in [0.25, 0.3) is 0 Å². The van der Waals surface area contributed by atoms with Crippen LogP contribution in [0.3, 0.4) is 0 Å². The third-order valence-electron chi connectivity index (χ3n) is 3.44. The predicted octanol–water partition coefficient (Wildman–Crippen LogP) is 2.99. The Hall–Kier alpha value is -1.26. The van der Waals surface area contributed by atoms with Crippen molar-refractivity contribution in [3.63, 3.8) is 0 Å². The Morgan fingerprint density at radius 3 is 2.43 bits per heavy atom. The largest absolute Gasteiger partial charge is 0.497 e. The minimum absolute atomic E-state index is 0.293. The van der Waals surface area contributed by atoms with Crippen LogP contribution in [0.1, 0.15) is 39.5 Å². The first-order valence-corrected chi connectivity index (χ1v) is 7.84. The van der Waals surface area contributed by atoms with E-state index in [-0.39, 0.29) is 0 Å². The van der Waals surface area contributed by atoms with E-state index in [1.807, 2.05) is 24.3 Å². The monoisotopic (exact) mass is 295 g/mol. The zero-order valence-corrected chi connectivity index (χ0v) is 13.5. The molecular weight excluding hydrogens is 266 g/mol. The van der Waals surface area contributed by atoms with Crippen LogP contribution in [0.25, 0.3) is 0 Å². The molecule has 0 saturated heterocycles. The molecule has 2 N–H and O–H groups in total. The number of methoxy groups -OCH3 is 1. The summed E-state index contributed by atoms with van der Waals surface area (Å²) in [6.45, 7) is 5.22. The summed E-state index contributed by atoms with van der Waals surface area (Å²) in [6, 6.07) is 7.80. The molecule has 1 aromatic carbocycles. The van der Waals surface area contributed by atoms with Crippen molar-refractivity contribution >= 4 is 0 Å². The zero-order valence-electron chi connectivity index (χ0n) is 13.5. The Labute approximate surface area is 128 Å². The van der Waals surface area contributed by atoms with Crippen LogP contribution in [0.4, 0.5) is 0 Å². The Morgan fingerprint density at radius 2 is 1.81 bits per heavy atom. The fraction of sp³-hybridized carbons (Fsp3) is 0.647. The zero-order chi connectivity index (χ0) is 15.5. The quantitative estimate of drug-likeness (QED) is 0.616. The Kier molecular flexibility index (Phi) is 8.87. The lowest BCUT2D eigenvalue weighted by Gasteiger charge is -2.17. The maximum Gasteiger partial charge on any atom is 0.119 e. The molecule has 1 aromatic rings. The van der Waals surface area contributed by atoms with E-state index in [2.05, 4.69) is 19.2 Å². The van der Waals surface area contributed by atoms with Crippen LogP contribution in [-0.2, 0) is 0 Å². The minimum atomic E-state index is -0.499. The van der Waals surface area contributed by atoms with Gasteiger partial charge in [0.15, 0.2) is 0 Å². The van der Waals surface area contributed by atoms with E-state index in [0.29, 0.717) is 19.2 Å². The van der Waals surface area contributed by atoms with E-state index in [0.717, 1.165) is 17.9 Å². The summed E-state index contributed by atoms with van der Waals surface area (Å²) < 4.78 is 10.6. The van der Waals surface area contributed by atoms with E-state index >= 15 is 0 Å². The van der Waals surface area contributed by atoms with Crippen LogP contribution < -0.4 is 14.8 Å². The fourth-order valence-corrected chi connectivity index (χ4v) is 2.06. The van der Waals surface area contributed by atoms with E-state index in [1.165, 1.54) is 19.3 Å². The number of rotatable bonds is 11. The molecule has 0 heterocycles. The highest BCUT2D eigenvalue weighted by atomic mass is 16.5. The van der Waals surface area contributed by atoms with E-state index in [1.54, 1.807) is 7.11 Å². The SMILES string of the molecule is CCCCCC(C)NCC(O)COc1ccc(OC)cc1. The first-order chi connectivity index (χ1) is 10.2. The van der Waals surface area contributed by atoms with Crippen molar-refractivity contribution < 1.29 is 14.6 Å². The summed E-state index contributed by atoms with van der Waals surface area (Å²) in [6.07, 6.45) is 4.41. The normalized spacial score (nSPS) is 13.7. The second-order valence-electron chi connectivity index (χ2n) is 5.45. The molecule has 2 atom stereocenters. The number of hydrogen-bond acceptors (Lipinski definition) is 4. The van der Waals surface area contributed by atoms with Gasteiger partial charge in [-0.3, -0.25) is 0 Å². The minimum Gasteiger partial charge on any atom is -0.497 e. The average Bonchev–Trinajstić information content (AvgIpc) is 2.51. The van der Waals surface area contributed by atoms with Gasteiger partial charge in [0.05, 0.1) is 7.11 Å². The summed E-state index contributed by atoms with van der Waals surface area (Å²) >= 11 is 0. The molecule has 120 valence electrons. The van der Waals surface area contributed by atoms with Gasteiger partial charge < -0.3 is 19.9 Å². The topological polar surface area (TPSA) is 50.7 Å². The molecule has 0 amide bonds. The van der Waals surface area contributed by atoms with Crippen molar-refractivity contribution in [1.29, 1.82) is 0 Å². The number of aliphatic hydroxyl groups excluding tert-OH is 1.